The van der Waals surface area contributed by atoms with Crippen LogP contribution in [0.4, 0.5) is 5.69 Å². The molecule has 4 rings (SSSR count). The zero-order chi connectivity index (χ0) is 19.7. The molecule has 2 aromatic carbocycles. The van der Waals surface area contributed by atoms with Gasteiger partial charge in [0, 0.05) is 13.0 Å². The fraction of sp³-hybridized carbons (Fsp3) is 0.381. The van der Waals surface area contributed by atoms with E-state index in [1.807, 2.05) is 12.1 Å². The van der Waals surface area contributed by atoms with Crippen LogP contribution in [0.3, 0.4) is 0 Å². The zero-order valence-electron chi connectivity index (χ0n) is 15.8. The number of benzene rings is 2. The molecule has 0 spiro atoms. The van der Waals surface area contributed by atoms with Crippen molar-refractivity contribution in [1.82, 2.24) is 5.32 Å². The summed E-state index contributed by atoms with van der Waals surface area (Å²) in [5, 5.41) is 3.13. The van der Waals surface area contributed by atoms with E-state index in [2.05, 4.69) is 17.4 Å². The number of nitrogens with zero attached hydrogens (tertiary/aromatic N) is 1. The summed E-state index contributed by atoms with van der Waals surface area (Å²) in [6.45, 7) is 0.204. The van der Waals surface area contributed by atoms with Gasteiger partial charge in [0.15, 0.2) is 6.10 Å². The van der Waals surface area contributed by atoms with Crippen molar-refractivity contribution in [2.75, 3.05) is 17.1 Å². The molecule has 2 aliphatic rings. The van der Waals surface area contributed by atoms with Crippen LogP contribution in [0, 0.1) is 0 Å². The molecule has 7 heteroatoms. The van der Waals surface area contributed by atoms with Crippen LogP contribution in [-0.4, -0.2) is 33.2 Å². The van der Waals surface area contributed by atoms with Crippen molar-refractivity contribution in [2.45, 2.75) is 37.8 Å². The first-order valence-corrected chi connectivity index (χ1v) is 11.4. The van der Waals surface area contributed by atoms with Crippen molar-refractivity contribution in [3.63, 3.8) is 0 Å². The van der Waals surface area contributed by atoms with Gasteiger partial charge in [-0.3, -0.25) is 9.10 Å². The molecule has 0 aromatic heterocycles. The number of sulfonamides is 1. The number of para-hydroxylation sites is 2. The lowest BCUT2D eigenvalue weighted by Gasteiger charge is -2.28. The molecule has 0 unspecified atom stereocenters. The van der Waals surface area contributed by atoms with Crippen LogP contribution in [0.25, 0.3) is 0 Å². The van der Waals surface area contributed by atoms with E-state index in [1.54, 1.807) is 24.3 Å². The van der Waals surface area contributed by atoms with Crippen molar-refractivity contribution in [3.8, 4) is 5.75 Å². The normalized spacial score (nSPS) is 21.7. The molecule has 2 aromatic rings. The number of hydrogen-bond donors (Lipinski definition) is 1. The van der Waals surface area contributed by atoms with Gasteiger partial charge in [0.1, 0.15) is 5.75 Å². The number of nitrogens with one attached hydrogen (secondary N) is 1. The highest BCUT2D eigenvalue weighted by atomic mass is 32.2. The summed E-state index contributed by atoms with van der Waals surface area (Å²) >= 11 is 0. The summed E-state index contributed by atoms with van der Waals surface area (Å²) in [4.78, 5) is 13.0. The van der Waals surface area contributed by atoms with Gasteiger partial charge >= 0.3 is 0 Å². The third-order valence-electron chi connectivity index (χ3n) is 5.38. The molecule has 0 saturated heterocycles. The molecule has 1 N–H and O–H groups in total. The van der Waals surface area contributed by atoms with Crippen molar-refractivity contribution in [1.29, 1.82) is 0 Å². The molecule has 0 fully saturated rings. The maximum Gasteiger partial charge on any atom is 0.261 e. The van der Waals surface area contributed by atoms with Gasteiger partial charge in [-0.2, -0.15) is 0 Å². The summed E-state index contributed by atoms with van der Waals surface area (Å²) in [6, 6.07) is 15.1. The fourth-order valence-corrected chi connectivity index (χ4v) is 4.97. The predicted molar refractivity (Wildman–Crippen MR) is 108 cm³/mol. The van der Waals surface area contributed by atoms with Gasteiger partial charge in [0.2, 0.25) is 10.0 Å². The monoisotopic (exact) mass is 400 g/mol. The van der Waals surface area contributed by atoms with E-state index >= 15 is 0 Å². The maximum atomic E-state index is 13.0. The van der Waals surface area contributed by atoms with Crippen LogP contribution < -0.4 is 14.4 Å². The Hall–Kier alpha value is -2.54. The van der Waals surface area contributed by atoms with Gasteiger partial charge in [0.05, 0.1) is 18.0 Å². The van der Waals surface area contributed by atoms with E-state index in [4.69, 9.17) is 4.74 Å². The quantitative estimate of drug-likeness (QED) is 0.860. The summed E-state index contributed by atoms with van der Waals surface area (Å²) in [7, 11) is -3.46. The Morgan fingerprint density at radius 2 is 1.86 bits per heavy atom. The second-order valence-corrected chi connectivity index (χ2v) is 9.26. The van der Waals surface area contributed by atoms with Crippen LogP contribution >= 0.6 is 0 Å². The molecule has 148 valence electrons. The molecule has 28 heavy (non-hydrogen) atoms. The Labute approximate surface area is 165 Å². The van der Waals surface area contributed by atoms with Gasteiger partial charge in [-0.15, -0.1) is 0 Å². The third kappa shape index (κ3) is 3.71. The first-order valence-electron chi connectivity index (χ1n) is 9.55. The van der Waals surface area contributed by atoms with Crippen molar-refractivity contribution < 1.29 is 17.9 Å². The Balaban J connectivity index is 1.55. The minimum Gasteiger partial charge on any atom is -0.478 e. The molecule has 6 nitrogen and oxygen atoms in total. The van der Waals surface area contributed by atoms with Crippen molar-refractivity contribution in [3.05, 3.63) is 59.7 Å². The average Bonchev–Trinajstić information content (AvgIpc) is 2.88. The summed E-state index contributed by atoms with van der Waals surface area (Å²) < 4.78 is 31.7. The molecule has 1 amide bonds. The average molecular weight is 401 g/mol. The first-order chi connectivity index (χ1) is 13.4. The molecule has 2 atom stereocenters. The molecule has 0 bridgehead atoms. The molecule has 1 aliphatic heterocycles. The van der Waals surface area contributed by atoms with Gasteiger partial charge in [-0.05, 0) is 42.5 Å². The highest BCUT2D eigenvalue weighted by Gasteiger charge is 2.32. The zero-order valence-corrected chi connectivity index (χ0v) is 16.6. The highest BCUT2D eigenvalue weighted by molar-refractivity contribution is 7.92. The number of carbonyl (C=O) groups excluding carboxylic acids is 1. The molecule has 1 aliphatic carbocycles. The number of amides is 1. The van der Waals surface area contributed by atoms with Crippen LogP contribution in [-0.2, 0) is 21.2 Å². The lowest BCUT2D eigenvalue weighted by atomic mass is 9.87. The highest BCUT2D eigenvalue weighted by Crippen LogP contribution is 2.34. The van der Waals surface area contributed by atoms with Crippen molar-refractivity contribution >= 4 is 21.6 Å². The minimum absolute atomic E-state index is 0.0365. The Kier molecular flexibility index (Phi) is 5.02. The molecule has 0 radical (unpaired) electrons. The summed E-state index contributed by atoms with van der Waals surface area (Å²) in [5.41, 5.74) is 2.91. The molecular formula is C21H24N2O4S. The second kappa shape index (κ2) is 7.47. The Bertz CT molecular complexity index is 989. The summed E-state index contributed by atoms with van der Waals surface area (Å²) in [5.74, 6) is 0.210. The van der Waals surface area contributed by atoms with Gasteiger partial charge < -0.3 is 10.1 Å². The number of fused-ring (bicyclic) bond motifs is 2. The molecular weight excluding hydrogens is 376 g/mol. The van der Waals surface area contributed by atoms with Crippen LogP contribution in [0.5, 0.6) is 5.75 Å². The number of anilines is 1. The largest absolute Gasteiger partial charge is 0.478 e. The predicted octanol–water partition coefficient (Wildman–Crippen LogP) is 2.80. The lowest BCUT2D eigenvalue weighted by Crippen LogP contribution is -2.42. The maximum absolute atomic E-state index is 13.0. The van der Waals surface area contributed by atoms with Crippen LogP contribution in [0.1, 0.15) is 36.4 Å². The number of ether oxygens (including phenoxy) is 1. The van der Waals surface area contributed by atoms with Gasteiger partial charge in [0.25, 0.3) is 5.91 Å². The van der Waals surface area contributed by atoms with Gasteiger partial charge in [-0.25, -0.2) is 8.42 Å². The third-order valence-corrected chi connectivity index (χ3v) is 6.56. The molecule has 0 saturated carbocycles. The number of rotatable bonds is 3. The van der Waals surface area contributed by atoms with E-state index in [1.165, 1.54) is 16.1 Å². The first kappa shape index (κ1) is 18.8. The minimum atomic E-state index is -3.46. The van der Waals surface area contributed by atoms with E-state index in [-0.39, 0.29) is 18.5 Å². The number of aryl methyl sites for hydroxylation is 1. The van der Waals surface area contributed by atoms with E-state index in [9.17, 15) is 13.2 Å². The van der Waals surface area contributed by atoms with Gasteiger partial charge in [-0.1, -0.05) is 36.4 Å². The van der Waals surface area contributed by atoms with E-state index < -0.39 is 16.1 Å². The lowest BCUT2D eigenvalue weighted by molar-refractivity contribution is -0.129. The number of carbonyl (C=O) groups is 1. The standard InChI is InChI=1S/C21H24N2O4S/c1-28(25,26)23-14-13-20(27-19-12-5-4-11-18(19)23)21(24)22-17-10-6-8-15-7-2-3-9-16(15)17/h2-5,7,9,11-12,17,20H,6,8,10,13-14H2,1H3,(H,22,24)/t17-,20-/m0/s1. The Morgan fingerprint density at radius 1 is 1.11 bits per heavy atom. The topological polar surface area (TPSA) is 75.7 Å². The van der Waals surface area contributed by atoms with E-state index in [0.29, 0.717) is 17.9 Å². The summed E-state index contributed by atoms with van der Waals surface area (Å²) in [6.07, 6.45) is 3.67. The fourth-order valence-electron chi connectivity index (χ4n) is 4.03. The van der Waals surface area contributed by atoms with Crippen LogP contribution in [0.2, 0.25) is 0 Å². The molecule has 1 heterocycles. The Morgan fingerprint density at radius 3 is 2.68 bits per heavy atom. The SMILES string of the molecule is CS(=O)(=O)N1CC[C@@H](C(=O)N[C@H]2CCCc3ccccc32)Oc2ccccc21. The van der Waals surface area contributed by atoms with Crippen LogP contribution in [0.15, 0.2) is 48.5 Å². The second-order valence-electron chi connectivity index (χ2n) is 7.35. The smallest absolute Gasteiger partial charge is 0.261 e. The van der Waals surface area contributed by atoms with Crippen molar-refractivity contribution in [2.24, 2.45) is 0 Å². The van der Waals surface area contributed by atoms with E-state index in [0.717, 1.165) is 24.8 Å². The number of hydrogen-bond acceptors (Lipinski definition) is 4.